The van der Waals surface area contributed by atoms with Crippen molar-refractivity contribution < 1.29 is 41.0 Å². The number of alkyl halides is 6. The molecule has 1 unspecified atom stereocenters. The smallest absolute Gasteiger partial charge is 0.508 e. The minimum absolute atomic E-state index is 0.0231. The Morgan fingerprint density at radius 1 is 1.00 bits per heavy atom. The fourth-order valence-electron chi connectivity index (χ4n) is 4.53. The maximum Gasteiger partial charge on any atom is 0.522 e. The summed E-state index contributed by atoms with van der Waals surface area (Å²) in [5, 5.41) is 12.0. The van der Waals surface area contributed by atoms with Crippen LogP contribution in [-0.4, -0.2) is 41.5 Å². The number of hydrogen-bond donors (Lipinski definition) is 2. The summed E-state index contributed by atoms with van der Waals surface area (Å²) in [6.07, 6.45) is -10.8. The van der Waals surface area contributed by atoms with Crippen molar-refractivity contribution in [3.63, 3.8) is 0 Å². The monoisotopic (exact) mass is 460 g/mol. The molecule has 2 heterocycles. The highest BCUT2D eigenvalue weighted by Gasteiger charge is 2.55. The number of para-hydroxylation sites is 1. The Balaban J connectivity index is 1.81. The van der Waals surface area contributed by atoms with Crippen LogP contribution in [0.3, 0.4) is 0 Å². The number of fused-ring (bicyclic) bond motifs is 1. The first-order chi connectivity index (χ1) is 14.9. The van der Waals surface area contributed by atoms with Gasteiger partial charge in [0.15, 0.2) is 5.54 Å². The maximum atomic E-state index is 13.6. The Hall–Kier alpha value is -2.79. The van der Waals surface area contributed by atoms with Crippen LogP contribution < -0.4 is 5.32 Å². The van der Waals surface area contributed by atoms with E-state index in [-0.39, 0.29) is 42.9 Å². The summed E-state index contributed by atoms with van der Waals surface area (Å²) in [7, 11) is 0. The largest absolute Gasteiger partial charge is 0.522 e. The zero-order valence-corrected chi connectivity index (χ0v) is 16.4. The quantitative estimate of drug-likeness (QED) is 0.657. The van der Waals surface area contributed by atoms with Crippen LogP contribution in [0.5, 0.6) is 5.75 Å². The lowest BCUT2D eigenvalue weighted by Gasteiger charge is -2.43. The molecule has 0 radical (unpaired) electrons. The van der Waals surface area contributed by atoms with E-state index in [1.54, 1.807) is 4.90 Å². The Bertz CT molecular complexity index is 1010. The molecule has 2 aromatic rings. The number of nitrogens with one attached hydrogen (secondary N) is 1. The summed E-state index contributed by atoms with van der Waals surface area (Å²) in [5.41, 5.74) is -2.75. The minimum atomic E-state index is -4.81. The van der Waals surface area contributed by atoms with Gasteiger partial charge in [-0.05, 0) is 36.6 Å². The van der Waals surface area contributed by atoms with Gasteiger partial charge in [0.05, 0.1) is 17.4 Å². The normalized spacial score (nSPS) is 22.6. The van der Waals surface area contributed by atoms with Crippen LogP contribution in [0, 0.1) is 0 Å². The van der Waals surface area contributed by atoms with Gasteiger partial charge in [-0.25, -0.2) is 0 Å². The average molecular weight is 460 g/mol. The van der Waals surface area contributed by atoms with Crippen molar-refractivity contribution in [3.8, 4) is 5.75 Å². The molecule has 1 saturated heterocycles. The molecule has 172 valence electrons. The van der Waals surface area contributed by atoms with Crippen molar-refractivity contribution in [2.24, 2.45) is 0 Å². The molecule has 0 aromatic heterocycles. The molecule has 0 spiro atoms. The number of halogens is 6. The fraction of sp³-hybridized carbons (Fsp3) is 0.381. The first-order valence-corrected chi connectivity index (χ1v) is 9.74. The zero-order valence-electron chi connectivity index (χ0n) is 16.4. The topological polar surface area (TPSA) is 61.8 Å². The number of benzene rings is 2. The number of amides is 1. The minimum Gasteiger partial charge on any atom is -0.508 e. The maximum absolute atomic E-state index is 13.6. The first-order valence-electron chi connectivity index (χ1n) is 9.74. The number of ether oxygens (including phenoxy) is 1. The van der Waals surface area contributed by atoms with Gasteiger partial charge in [0.25, 0.3) is 5.91 Å². The Morgan fingerprint density at radius 3 is 2.19 bits per heavy atom. The lowest BCUT2D eigenvalue weighted by molar-refractivity contribution is -0.346. The van der Waals surface area contributed by atoms with Crippen molar-refractivity contribution in [2.75, 3.05) is 18.4 Å². The molecule has 2 aromatic carbocycles. The van der Waals surface area contributed by atoms with Gasteiger partial charge in [0.1, 0.15) is 5.75 Å². The molecule has 32 heavy (non-hydrogen) atoms. The van der Waals surface area contributed by atoms with Crippen LogP contribution in [0.1, 0.15) is 29.5 Å². The second kappa shape index (κ2) is 7.66. The van der Waals surface area contributed by atoms with Crippen molar-refractivity contribution in [1.82, 2.24) is 4.90 Å². The number of anilines is 1. The van der Waals surface area contributed by atoms with E-state index in [2.05, 4.69) is 10.1 Å². The molecule has 0 aliphatic carbocycles. The van der Waals surface area contributed by atoms with Gasteiger partial charge < -0.3 is 10.4 Å². The SMILES string of the molecule is O=C1Nc2c(C(F)(F)F)cccc2C1(c1ccc(O)cc1)N1CCC(OC(F)(F)F)CC1. The Labute approximate surface area is 178 Å². The molecule has 0 bridgehead atoms. The van der Waals surface area contributed by atoms with Crippen LogP contribution in [0.2, 0.25) is 0 Å². The summed E-state index contributed by atoms with van der Waals surface area (Å²) in [6, 6.07) is 8.88. The average Bonchev–Trinajstić information content (AvgIpc) is 3.00. The standard InChI is InChI=1S/C21H18F6N2O3/c22-20(23,24)16-3-1-2-15-17(16)28-18(31)19(15,12-4-6-13(30)7-5-12)29-10-8-14(9-11-29)32-21(25,26)27/h1-7,14,30H,8-11H2,(H,28,31). The Morgan fingerprint density at radius 2 is 1.62 bits per heavy atom. The molecular formula is C21H18F6N2O3. The highest BCUT2D eigenvalue weighted by atomic mass is 19.4. The van der Waals surface area contributed by atoms with Crippen LogP contribution in [0.15, 0.2) is 42.5 Å². The number of carbonyl (C=O) groups is 1. The van der Waals surface area contributed by atoms with Crippen molar-refractivity contribution in [1.29, 1.82) is 0 Å². The summed E-state index contributed by atoms with van der Waals surface area (Å²) in [4.78, 5) is 14.9. The number of piperidine rings is 1. The fourth-order valence-corrected chi connectivity index (χ4v) is 4.53. The van der Waals surface area contributed by atoms with Gasteiger partial charge in [-0.15, -0.1) is 13.2 Å². The van der Waals surface area contributed by atoms with Gasteiger partial charge in [-0.2, -0.15) is 13.2 Å². The number of phenols is 1. The molecule has 2 N–H and O–H groups in total. The first kappa shape index (κ1) is 22.4. The van der Waals surface area contributed by atoms with Crippen molar-refractivity contribution >= 4 is 11.6 Å². The second-order valence-electron chi connectivity index (χ2n) is 7.69. The van der Waals surface area contributed by atoms with E-state index in [9.17, 15) is 36.2 Å². The zero-order chi connectivity index (χ0) is 23.3. The molecule has 1 amide bonds. The van der Waals surface area contributed by atoms with Crippen molar-refractivity contribution in [3.05, 3.63) is 59.2 Å². The number of carbonyl (C=O) groups excluding carboxylic acids is 1. The molecule has 0 saturated carbocycles. The number of hydrogen-bond acceptors (Lipinski definition) is 4. The molecule has 2 aliphatic heterocycles. The number of phenolic OH excluding ortho intramolecular Hbond substituents is 1. The molecule has 1 fully saturated rings. The van der Waals surface area contributed by atoms with E-state index in [1.165, 1.54) is 36.4 Å². The van der Waals surface area contributed by atoms with E-state index in [4.69, 9.17) is 0 Å². The molecule has 4 rings (SSSR count). The summed E-state index contributed by atoms with van der Waals surface area (Å²) in [5.74, 6) is -0.853. The van der Waals surface area contributed by atoms with Crippen LogP contribution >= 0.6 is 0 Å². The van der Waals surface area contributed by atoms with E-state index in [0.717, 1.165) is 6.07 Å². The third-order valence-electron chi connectivity index (χ3n) is 5.83. The molecule has 2 aliphatic rings. The number of likely N-dealkylation sites (tertiary alicyclic amines) is 1. The third kappa shape index (κ3) is 3.79. The second-order valence-corrected chi connectivity index (χ2v) is 7.69. The van der Waals surface area contributed by atoms with Crippen LogP contribution in [-0.2, 0) is 21.2 Å². The van der Waals surface area contributed by atoms with E-state index < -0.39 is 35.7 Å². The van der Waals surface area contributed by atoms with Gasteiger partial charge in [0.2, 0.25) is 0 Å². The molecule has 1 atom stereocenters. The third-order valence-corrected chi connectivity index (χ3v) is 5.83. The number of aromatic hydroxyl groups is 1. The summed E-state index contributed by atoms with van der Waals surface area (Å²) >= 11 is 0. The highest BCUT2D eigenvalue weighted by Crippen LogP contribution is 2.50. The Kier molecular flexibility index (Phi) is 5.36. The van der Waals surface area contributed by atoms with Crippen molar-refractivity contribution in [2.45, 2.75) is 37.0 Å². The molecular weight excluding hydrogens is 442 g/mol. The predicted octanol–water partition coefficient (Wildman–Crippen LogP) is 4.61. The number of nitrogens with zero attached hydrogens (tertiary/aromatic N) is 1. The van der Waals surface area contributed by atoms with Gasteiger partial charge in [0, 0.05) is 18.7 Å². The van der Waals surface area contributed by atoms with E-state index in [1.807, 2.05) is 0 Å². The summed E-state index contributed by atoms with van der Waals surface area (Å²) in [6.45, 7) is -0.0462. The summed E-state index contributed by atoms with van der Waals surface area (Å²) < 4.78 is 82.7. The predicted molar refractivity (Wildman–Crippen MR) is 101 cm³/mol. The highest BCUT2D eigenvalue weighted by molar-refractivity contribution is 6.09. The van der Waals surface area contributed by atoms with Gasteiger partial charge >= 0.3 is 12.5 Å². The number of rotatable bonds is 3. The van der Waals surface area contributed by atoms with Gasteiger partial charge in [-0.3, -0.25) is 14.4 Å². The van der Waals surface area contributed by atoms with Crippen LogP contribution in [0.4, 0.5) is 32.0 Å². The molecule has 5 nitrogen and oxygen atoms in total. The van der Waals surface area contributed by atoms with Gasteiger partial charge in [-0.1, -0.05) is 24.3 Å². The van der Waals surface area contributed by atoms with Crippen LogP contribution in [0.25, 0.3) is 0 Å². The van der Waals surface area contributed by atoms with E-state index in [0.29, 0.717) is 5.56 Å². The lowest BCUT2D eigenvalue weighted by Crippen LogP contribution is -2.55. The van der Waals surface area contributed by atoms with E-state index >= 15 is 0 Å². The molecule has 11 heteroatoms. The lowest BCUT2D eigenvalue weighted by atomic mass is 9.80.